The molecule has 0 spiro atoms. The van der Waals surface area contributed by atoms with Gasteiger partial charge in [0.2, 0.25) is 0 Å². The molecule has 5 nitrogen and oxygen atoms in total. The summed E-state index contributed by atoms with van der Waals surface area (Å²) in [6, 6.07) is 11.8. The number of nitro groups is 1. The molecule has 2 aromatic rings. The molecular weight excluding hydrogens is 292 g/mol. The Bertz CT molecular complexity index is 752. The van der Waals surface area contributed by atoms with Crippen LogP contribution in [0.15, 0.2) is 53.5 Å². The highest BCUT2D eigenvalue weighted by atomic mass is 16.6. The van der Waals surface area contributed by atoms with E-state index in [0.717, 1.165) is 18.4 Å². The van der Waals surface area contributed by atoms with Crippen LogP contribution in [0.4, 0.5) is 11.4 Å². The zero-order chi connectivity index (χ0) is 16.7. The van der Waals surface area contributed by atoms with E-state index >= 15 is 0 Å². The molecule has 2 aromatic carbocycles. The summed E-state index contributed by atoms with van der Waals surface area (Å²) in [6.45, 7) is 2.09. The number of nitrogens with zero attached hydrogens (tertiary/aromatic N) is 2. The van der Waals surface area contributed by atoms with Crippen LogP contribution in [0.25, 0.3) is 6.08 Å². The molecule has 5 heteroatoms. The second-order valence-corrected chi connectivity index (χ2v) is 5.03. The molecule has 0 saturated carbocycles. The number of phenols is 1. The van der Waals surface area contributed by atoms with Gasteiger partial charge in [0.25, 0.3) is 5.69 Å². The zero-order valence-corrected chi connectivity index (χ0v) is 12.8. The van der Waals surface area contributed by atoms with Crippen molar-refractivity contribution in [3.8, 4) is 5.75 Å². The molecule has 0 aromatic heterocycles. The third-order valence-electron chi connectivity index (χ3n) is 3.29. The van der Waals surface area contributed by atoms with Gasteiger partial charge >= 0.3 is 0 Å². The molecule has 0 aliphatic carbocycles. The third-order valence-corrected chi connectivity index (χ3v) is 3.29. The Morgan fingerprint density at radius 3 is 2.78 bits per heavy atom. The number of aromatic hydroxyl groups is 1. The lowest BCUT2D eigenvalue weighted by Crippen LogP contribution is -1.90. The number of aliphatic imine (C=N–C) groups is 1. The van der Waals surface area contributed by atoms with Gasteiger partial charge in [-0.25, -0.2) is 0 Å². The summed E-state index contributed by atoms with van der Waals surface area (Å²) in [5.41, 5.74) is 2.15. The molecule has 2 rings (SSSR count). The van der Waals surface area contributed by atoms with Gasteiger partial charge < -0.3 is 5.11 Å². The number of para-hydroxylation sites is 1. The van der Waals surface area contributed by atoms with E-state index in [9.17, 15) is 15.2 Å². The molecule has 0 heterocycles. The molecule has 0 bridgehead atoms. The van der Waals surface area contributed by atoms with Crippen LogP contribution in [0.1, 0.15) is 24.5 Å². The van der Waals surface area contributed by atoms with E-state index in [1.807, 2.05) is 12.1 Å². The Labute approximate surface area is 134 Å². The number of allylic oxidation sites excluding steroid dienone is 1. The smallest absolute Gasteiger partial charge is 0.276 e. The van der Waals surface area contributed by atoms with Gasteiger partial charge in [0.1, 0.15) is 11.4 Å². The summed E-state index contributed by atoms with van der Waals surface area (Å²) in [6.07, 6.45) is 6.70. The fourth-order valence-electron chi connectivity index (χ4n) is 2.18. The Hall–Kier alpha value is -2.95. The average Bonchev–Trinajstić information content (AvgIpc) is 2.54. The van der Waals surface area contributed by atoms with Crippen molar-refractivity contribution in [3.05, 3.63) is 69.8 Å². The number of benzene rings is 2. The summed E-state index contributed by atoms with van der Waals surface area (Å²) in [5, 5.41) is 20.7. The van der Waals surface area contributed by atoms with Crippen LogP contribution in [-0.2, 0) is 6.42 Å². The van der Waals surface area contributed by atoms with Crippen molar-refractivity contribution in [1.29, 1.82) is 0 Å². The maximum Gasteiger partial charge on any atom is 0.276 e. The van der Waals surface area contributed by atoms with Crippen molar-refractivity contribution in [2.45, 2.75) is 19.8 Å². The lowest BCUT2D eigenvalue weighted by molar-refractivity contribution is -0.385. The molecule has 23 heavy (non-hydrogen) atoms. The van der Waals surface area contributed by atoms with Crippen LogP contribution in [-0.4, -0.2) is 16.2 Å². The van der Waals surface area contributed by atoms with Crippen molar-refractivity contribution in [3.63, 3.8) is 0 Å². The average molecular weight is 310 g/mol. The molecule has 1 N–H and O–H groups in total. The number of hydrogen-bond acceptors (Lipinski definition) is 4. The highest BCUT2D eigenvalue weighted by Crippen LogP contribution is 2.27. The largest absolute Gasteiger partial charge is 0.506 e. The van der Waals surface area contributed by atoms with E-state index in [-0.39, 0.29) is 11.4 Å². The standard InChI is InChI=1S/C18H18N2O3/c1-2-6-14-10-11-18(21)16(13-14)19-12-5-8-15-7-3-4-9-17(15)20(22)23/h3-5,7-13,21H,2,6H2,1H3. The van der Waals surface area contributed by atoms with Crippen molar-refractivity contribution in [2.75, 3.05) is 0 Å². The monoisotopic (exact) mass is 310 g/mol. The van der Waals surface area contributed by atoms with Gasteiger partial charge in [-0.3, -0.25) is 15.1 Å². The topological polar surface area (TPSA) is 75.7 Å². The van der Waals surface area contributed by atoms with Crippen molar-refractivity contribution in [1.82, 2.24) is 0 Å². The second kappa shape index (κ2) is 7.89. The van der Waals surface area contributed by atoms with E-state index in [0.29, 0.717) is 11.3 Å². The first-order valence-corrected chi connectivity index (χ1v) is 7.38. The maximum atomic E-state index is 10.9. The van der Waals surface area contributed by atoms with Crippen molar-refractivity contribution >= 4 is 23.7 Å². The van der Waals surface area contributed by atoms with Gasteiger partial charge in [0.15, 0.2) is 0 Å². The first-order valence-electron chi connectivity index (χ1n) is 7.38. The summed E-state index contributed by atoms with van der Waals surface area (Å²) < 4.78 is 0. The van der Waals surface area contributed by atoms with Gasteiger partial charge in [0, 0.05) is 12.3 Å². The molecule has 0 radical (unpaired) electrons. The predicted molar refractivity (Wildman–Crippen MR) is 92.4 cm³/mol. The van der Waals surface area contributed by atoms with Gasteiger partial charge in [-0.2, -0.15) is 0 Å². The number of nitro benzene ring substituents is 1. The quantitative estimate of drug-likeness (QED) is 0.478. The van der Waals surface area contributed by atoms with Crippen LogP contribution in [0.3, 0.4) is 0 Å². The number of rotatable bonds is 6. The number of hydrogen-bond donors (Lipinski definition) is 1. The minimum absolute atomic E-state index is 0.0462. The molecule has 0 aliphatic rings. The predicted octanol–water partition coefficient (Wildman–Crippen LogP) is 4.67. The Balaban J connectivity index is 2.16. The van der Waals surface area contributed by atoms with Crippen molar-refractivity contribution in [2.24, 2.45) is 4.99 Å². The highest BCUT2D eigenvalue weighted by molar-refractivity contribution is 5.82. The van der Waals surface area contributed by atoms with Gasteiger partial charge in [-0.05, 0) is 42.3 Å². The normalized spacial score (nSPS) is 11.3. The molecule has 0 unspecified atom stereocenters. The Morgan fingerprint density at radius 1 is 1.26 bits per heavy atom. The summed E-state index contributed by atoms with van der Waals surface area (Å²) in [7, 11) is 0. The molecule has 118 valence electrons. The molecular formula is C18H18N2O3. The third kappa shape index (κ3) is 4.51. The van der Waals surface area contributed by atoms with E-state index in [4.69, 9.17) is 0 Å². The summed E-state index contributed by atoms with van der Waals surface area (Å²) >= 11 is 0. The van der Waals surface area contributed by atoms with Crippen LogP contribution >= 0.6 is 0 Å². The van der Waals surface area contributed by atoms with E-state index in [2.05, 4.69) is 11.9 Å². The first-order chi connectivity index (χ1) is 11.1. The Morgan fingerprint density at radius 2 is 2.04 bits per heavy atom. The van der Waals surface area contributed by atoms with E-state index in [1.54, 1.807) is 36.4 Å². The molecule has 0 aliphatic heterocycles. The molecule has 0 fully saturated rings. The lowest BCUT2D eigenvalue weighted by atomic mass is 10.1. The molecule has 0 amide bonds. The fraction of sp³-hybridized carbons (Fsp3) is 0.167. The van der Waals surface area contributed by atoms with Gasteiger partial charge in [-0.15, -0.1) is 0 Å². The number of phenolic OH excluding ortho intramolecular Hbond substituents is 1. The van der Waals surface area contributed by atoms with Crippen LogP contribution < -0.4 is 0 Å². The van der Waals surface area contributed by atoms with Crippen LogP contribution in [0.5, 0.6) is 5.75 Å². The van der Waals surface area contributed by atoms with Gasteiger partial charge in [-0.1, -0.05) is 31.5 Å². The lowest BCUT2D eigenvalue weighted by Gasteiger charge is -2.02. The highest BCUT2D eigenvalue weighted by Gasteiger charge is 2.08. The summed E-state index contributed by atoms with van der Waals surface area (Å²) in [5.74, 6) is 0.111. The van der Waals surface area contributed by atoms with Gasteiger partial charge in [0.05, 0.1) is 10.5 Å². The van der Waals surface area contributed by atoms with E-state index in [1.165, 1.54) is 12.3 Å². The van der Waals surface area contributed by atoms with Crippen LogP contribution in [0.2, 0.25) is 0 Å². The van der Waals surface area contributed by atoms with E-state index < -0.39 is 4.92 Å². The minimum atomic E-state index is -0.420. The number of aryl methyl sites for hydroxylation is 1. The SMILES string of the molecule is CCCc1ccc(O)c(N=CC=Cc2ccccc2[N+](=O)[O-])c1. The second-order valence-electron chi connectivity index (χ2n) is 5.03. The minimum Gasteiger partial charge on any atom is -0.506 e. The fourth-order valence-corrected chi connectivity index (χ4v) is 2.18. The first kappa shape index (κ1) is 16.4. The Kier molecular flexibility index (Phi) is 5.63. The maximum absolute atomic E-state index is 10.9. The zero-order valence-electron chi connectivity index (χ0n) is 12.8. The van der Waals surface area contributed by atoms with Crippen molar-refractivity contribution < 1.29 is 10.0 Å². The molecule has 0 saturated heterocycles. The summed E-state index contributed by atoms with van der Waals surface area (Å²) in [4.78, 5) is 14.7. The molecule has 0 atom stereocenters. The van der Waals surface area contributed by atoms with Crippen LogP contribution in [0, 0.1) is 10.1 Å².